The van der Waals surface area contributed by atoms with Gasteiger partial charge in [-0.2, -0.15) is 5.10 Å². The molecule has 1 fully saturated rings. The van der Waals surface area contributed by atoms with E-state index in [1.165, 1.54) is 11.1 Å². The summed E-state index contributed by atoms with van der Waals surface area (Å²) in [5.74, 6) is -0.139. The van der Waals surface area contributed by atoms with Gasteiger partial charge >= 0.3 is 0 Å². The molecule has 1 atom stereocenters. The molecule has 2 aliphatic rings. The van der Waals surface area contributed by atoms with E-state index in [4.69, 9.17) is 21.4 Å². The Morgan fingerprint density at radius 3 is 2.46 bits per heavy atom. The average molecular weight is 496 g/mol. The Kier molecular flexibility index (Phi) is 8.24. The number of carbonyl (C=O) groups excluding carboxylic acids is 2. The fourth-order valence-corrected chi connectivity index (χ4v) is 5.04. The minimum Gasteiger partial charge on any atom is -0.383 e. The highest BCUT2D eigenvalue weighted by molar-refractivity contribution is 6.30. The second-order valence-electron chi connectivity index (χ2n) is 9.59. The predicted molar refractivity (Wildman–Crippen MR) is 139 cm³/mol. The highest BCUT2D eigenvalue weighted by Gasteiger charge is 2.35. The number of carbonyl (C=O) groups is 2. The van der Waals surface area contributed by atoms with Crippen LogP contribution in [0.5, 0.6) is 0 Å². The van der Waals surface area contributed by atoms with E-state index in [-0.39, 0.29) is 30.3 Å². The highest BCUT2D eigenvalue weighted by atomic mass is 35.5. The number of nitrogens with zero attached hydrogens (tertiary/aromatic N) is 3. The van der Waals surface area contributed by atoms with Crippen LogP contribution in [0, 0.1) is 19.8 Å². The molecule has 0 N–H and O–H groups in total. The molecule has 6 nitrogen and oxygen atoms in total. The second kappa shape index (κ2) is 11.4. The van der Waals surface area contributed by atoms with Crippen LogP contribution < -0.4 is 0 Å². The molecule has 1 aliphatic heterocycles. The summed E-state index contributed by atoms with van der Waals surface area (Å²) in [4.78, 5) is 28.5. The molecule has 4 rings (SSSR count). The van der Waals surface area contributed by atoms with E-state index in [0.29, 0.717) is 24.6 Å². The number of ether oxygens (including phenoxy) is 1. The molecule has 0 aromatic heterocycles. The molecule has 2 aromatic rings. The third kappa shape index (κ3) is 5.93. The van der Waals surface area contributed by atoms with Gasteiger partial charge in [0.15, 0.2) is 0 Å². The van der Waals surface area contributed by atoms with E-state index in [0.717, 1.165) is 42.5 Å². The Labute approximate surface area is 212 Å². The number of hydrazone groups is 1. The minimum atomic E-state index is -0.248. The number of halogens is 1. The van der Waals surface area contributed by atoms with E-state index in [2.05, 4.69) is 32.0 Å². The van der Waals surface area contributed by atoms with Crippen LogP contribution >= 0.6 is 11.6 Å². The zero-order chi connectivity index (χ0) is 24.9. The number of benzene rings is 2. The molecule has 35 heavy (non-hydrogen) atoms. The van der Waals surface area contributed by atoms with Crippen LogP contribution in [0.4, 0.5) is 0 Å². The summed E-state index contributed by atoms with van der Waals surface area (Å²) in [6.45, 7) is 4.94. The molecule has 0 radical (unpaired) electrons. The molecule has 2 amide bonds. The molecule has 0 saturated heterocycles. The molecule has 0 bridgehead atoms. The number of amides is 2. The Bertz CT molecular complexity index is 1090. The maximum atomic E-state index is 13.6. The lowest BCUT2D eigenvalue weighted by Gasteiger charge is -2.28. The fourth-order valence-electron chi connectivity index (χ4n) is 4.92. The van der Waals surface area contributed by atoms with Gasteiger partial charge in [0.1, 0.15) is 6.54 Å². The van der Waals surface area contributed by atoms with Crippen LogP contribution in [0.3, 0.4) is 0 Å². The van der Waals surface area contributed by atoms with Gasteiger partial charge in [0.2, 0.25) is 5.91 Å². The highest BCUT2D eigenvalue weighted by Crippen LogP contribution is 2.34. The van der Waals surface area contributed by atoms with Crippen LogP contribution in [-0.4, -0.2) is 54.2 Å². The van der Waals surface area contributed by atoms with Gasteiger partial charge in [-0.25, -0.2) is 5.01 Å². The van der Waals surface area contributed by atoms with Gasteiger partial charge < -0.3 is 9.64 Å². The molecule has 1 saturated carbocycles. The van der Waals surface area contributed by atoms with E-state index in [1.807, 2.05) is 24.3 Å². The number of hydrogen-bond donors (Lipinski definition) is 0. The van der Waals surface area contributed by atoms with Crippen LogP contribution in [-0.2, 0) is 14.3 Å². The predicted octanol–water partition coefficient (Wildman–Crippen LogP) is 5.30. The first-order valence-electron chi connectivity index (χ1n) is 12.4. The zero-order valence-electron chi connectivity index (χ0n) is 20.8. The maximum Gasteiger partial charge on any atom is 0.262 e. The van der Waals surface area contributed by atoms with Crippen molar-refractivity contribution in [2.24, 2.45) is 11.0 Å². The first kappa shape index (κ1) is 25.4. The Morgan fingerprint density at radius 2 is 1.80 bits per heavy atom. The van der Waals surface area contributed by atoms with Crippen LogP contribution in [0.2, 0.25) is 5.02 Å². The van der Waals surface area contributed by atoms with Crippen molar-refractivity contribution in [3.8, 4) is 0 Å². The van der Waals surface area contributed by atoms with Crippen molar-refractivity contribution in [3.05, 3.63) is 69.7 Å². The third-order valence-corrected chi connectivity index (χ3v) is 7.42. The first-order valence-corrected chi connectivity index (χ1v) is 12.8. The van der Waals surface area contributed by atoms with Crippen molar-refractivity contribution in [1.82, 2.24) is 9.91 Å². The van der Waals surface area contributed by atoms with Gasteiger partial charge in [0.05, 0.1) is 18.4 Å². The lowest BCUT2D eigenvalue weighted by atomic mass is 9.96. The van der Waals surface area contributed by atoms with Crippen molar-refractivity contribution in [2.45, 2.75) is 52.0 Å². The summed E-state index contributed by atoms with van der Waals surface area (Å²) in [6, 6.07) is 13.6. The van der Waals surface area contributed by atoms with E-state index >= 15 is 0 Å². The lowest BCUT2D eigenvalue weighted by Crippen LogP contribution is -2.44. The second-order valence-corrected chi connectivity index (χ2v) is 10.0. The standard InChI is InChI=1S/C28H34ClN3O3/c1-19-8-9-23(16-20(19)2)25-17-26(21-10-12-24(29)13-11-21)32(30-25)27(33)18-31(14-15-35-3)28(34)22-6-4-5-7-22/h8-13,16,22,26H,4-7,14-15,17-18H2,1-3H3/t26-/m1/s1. The van der Waals surface area contributed by atoms with Gasteiger partial charge in [0.25, 0.3) is 5.91 Å². The Morgan fingerprint density at radius 1 is 1.09 bits per heavy atom. The maximum absolute atomic E-state index is 13.6. The van der Waals surface area contributed by atoms with Crippen LogP contribution in [0.25, 0.3) is 0 Å². The number of aryl methyl sites for hydroxylation is 2. The lowest BCUT2D eigenvalue weighted by molar-refractivity contribution is -0.144. The topological polar surface area (TPSA) is 62.2 Å². The smallest absolute Gasteiger partial charge is 0.262 e. The molecule has 186 valence electrons. The summed E-state index contributed by atoms with van der Waals surface area (Å²) in [6.07, 6.45) is 4.52. The summed E-state index contributed by atoms with van der Waals surface area (Å²) in [5, 5.41) is 7.01. The van der Waals surface area contributed by atoms with Crippen molar-refractivity contribution < 1.29 is 14.3 Å². The van der Waals surface area contributed by atoms with Crippen LogP contribution in [0.1, 0.15) is 60.4 Å². The van der Waals surface area contributed by atoms with Gasteiger partial charge in [-0.05, 0) is 67.1 Å². The van der Waals surface area contributed by atoms with Gasteiger partial charge in [0, 0.05) is 31.0 Å². The Balaban J connectivity index is 1.61. The SMILES string of the molecule is COCCN(CC(=O)N1N=C(c2ccc(C)c(C)c2)C[C@@H]1c1ccc(Cl)cc1)C(=O)C1CCCC1. The fraction of sp³-hybridized carbons (Fsp3) is 0.464. The van der Waals surface area contributed by atoms with Gasteiger partial charge in [-0.1, -0.05) is 48.7 Å². The summed E-state index contributed by atoms with van der Waals surface area (Å²) < 4.78 is 5.23. The normalized spacial score (nSPS) is 18.1. The average Bonchev–Trinajstić information content (AvgIpc) is 3.54. The van der Waals surface area contributed by atoms with Crippen LogP contribution in [0.15, 0.2) is 47.6 Å². The molecule has 0 unspecified atom stereocenters. The summed E-state index contributed by atoms with van der Waals surface area (Å²) >= 11 is 6.12. The number of rotatable bonds is 8. The van der Waals surface area contributed by atoms with E-state index in [9.17, 15) is 9.59 Å². The summed E-state index contributed by atoms with van der Waals surface area (Å²) in [5.41, 5.74) is 5.25. The molecule has 0 spiro atoms. The first-order chi connectivity index (χ1) is 16.9. The monoisotopic (exact) mass is 495 g/mol. The van der Waals surface area contributed by atoms with E-state index in [1.54, 1.807) is 17.0 Å². The van der Waals surface area contributed by atoms with Gasteiger partial charge in [-0.15, -0.1) is 0 Å². The molecular weight excluding hydrogens is 462 g/mol. The minimum absolute atomic E-state index is 0.0000998. The zero-order valence-corrected chi connectivity index (χ0v) is 21.6. The van der Waals surface area contributed by atoms with Crippen molar-refractivity contribution in [2.75, 3.05) is 26.8 Å². The molecule has 1 aliphatic carbocycles. The molecular formula is C28H34ClN3O3. The summed E-state index contributed by atoms with van der Waals surface area (Å²) in [7, 11) is 1.61. The number of hydrogen-bond acceptors (Lipinski definition) is 4. The van der Waals surface area contributed by atoms with Gasteiger partial charge in [-0.3, -0.25) is 9.59 Å². The molecule has 1 heterocycles. The molecule has 7 heteroatoms. The van der Waals surface area contributed by atoms with Crippen molar-refractivity contribution >= 4 is 29.1 Å². The van der Waals surface area contributed by atoms with Crippen molar-refractivity contribution in [1.29, 1.82) is 0 Å². The van der Waals surface area contributed by atoms with E-state index < -0.39 is 0 Å². The van der Waals surface area contributed by atoms with Crippen molar-refractivity contribution in [3.63, 3.8) is 0 Å². The third-order valence-electron chi connectivity index (χ3n) is 7.17. The quantitative estimate of drug-likeness (QED) is 0.499. The Hall–Kier alpha value is -2.70. The number of methoxy groups -OCH3 is 1. The molecule has 2 aromatic carbocycles. The largest absolute Gasteiger partial charge is 0.383 e.